The Morgan fingerprint density at radius 3 is 2.72 bits per heavy atom. The monoisotopic (exact) mass is 248 g/mol. The maximum Gasteiger partial charge on any atom is 0.494 e. The second kappa shape index (κ2) is 4.04. The minimum atomic E-state index is -0.684. The van der Waals surface area contributed by atoms with Crippen molar-refractivity contribution in [2.45, 2.75) is 30.7 Å². The number of benzene rings is 1. The molecule has 4 bridgehead atoms. The van der Waals surface area contributed by atoms with Gasteiger partial charge in [0, 0.05) is 0 Å². The van der Waals surface area contributed by atoms with Crippen LogP contribution in [0, 0.1) is 0 Å². The smallest absolute Gasteiger partial charge is 0.399 e. The SMILES string of the molecule is O[C@@H]1C2OB(c3ccccc3)O[C@H]1[C@@H]1CO[C@@H]2O1. The molecule has 0 aromatic heterocycles. The van der Waals surface area contributed by atoms with Gasteiger partial charge in [-0.05, 0) is 5.46 Å². The first-order valence-corrected chi connectivity index (χ1v) is 6.14. The second-order valence-electron chi connectivity index (χ2n) is 4.81. The van der Waals surface area contributed by atoms with E-state index in [1.54, 1.807) is 0 Å². The lowest BCUT2D eigenvalue weighted by Gasteiger charge is -2.44. The van der Waals surface area contributed by atoms with Gasteiger partial charge in [-0.1, -0.05) is 30.3 Å². The quantitative estimate of drug-likeness (QED) is 0.665. The van der Waals surface area contributed by atoms with Crippen molar-refractivity contribution in [3.05, 3.63) is 30.3 Å². The molecule has 0 aliphatic carbocycles. The molecule has 1 aromatic carbocycles. The summed E-state index contributed by atoms with van der Waals surface area (Å²) in [6.45, 7) is 0.452. The molecule has 3 aliphatic rings. The van der Waals surface area contributed by atoms with Crippen molar-refractivity contribution >= 4 is 12.6 Å². The maximum absolute atomic E-state index is 10.1. The van der Waals surface area contributed by atoms with Crippen molar-refractivity contribution in [2.24, 2.45) is 0 Å². The molecular weight excluding hydrogens is 235 g/mol. The molecule has 1 N–H and O–H groups in total. The third kappa shape index (κ3) is 1.54. The third-order valence-corrected chi connectivity index (χ3v) is 3.67. The van der Waals surface area contributed by atoms with Gasteiger partial charge in [-0.15, -0.1) is 0 Å². The Balaban J connectivity index is 1.64. The Morgan fingerprint density at radius 2 is 1.89 bits per heavy atom. The number of ether oxygens (including phenoxy) is 2. The van der Waals surface area contributed by atoms with Gasteiger partial charge in [0.15, 0.2) is 6.29 Å². The average molecular weight is 248 g/mol. The zero-order chi connectivity index (χ0) is 12.1. The zero-order valence-electron chi connectivity index (χ0n) is 9.64. The van der Waals surface area contributed by atoms with E-state index in [-0.39, 0.29) is 12.2 Å². The Hall–Kier alpha value is -0.915. The summed E-state index contributed by atoms with van der Waals surface area (Å²) in [6, 6.07) is 9.70. The van der Waals surface area contributed by atoms with Crippen molar-refractivity contribution in [1.82, 2.24) is 0 Å². The van der Waals surface area contributed by atoms with Crippen molar-refractivity contribution in [3.63, 3.8) is 0 Å². The summed E-state index contributed by atoms with van der Waals surface area (Å²) >= 11 is 0. The van der Waals surface area contributed by atoms with Gasteiger partial charge in [-0.3, -0.25) is 0 Å². The van der Waals surface area contributed by atoms with E-state index < -0.39 is 25.6 Å². The maximum atomic E-state index is 10.1. The summed E-state index contributed by atoms with van der Waals surface area (Å²) in [4.78, 5) is 0. The number of hydrogen-bond acceptors (Lipinski definition) is 5. The number of aliphatic hydroxyl groups excluding tert-OH is 1. The molecule has 0 radical (unpaired) electrons. The van der Waals surface area contributed by atoms with Crippen LogP contribution in [0.25, 0.3) is 0 Å². The summed E-state index contributed by atoms with van der Waals surface area (Å²) in [6.07, 6.45) is -2.22. The lowest BCUT2D eigenvalue weighted by molar-refractivity contribution is -0.243. The summed E-state index contributed by atoms with van der Waals surface area (Å²) in [5.74, 6) is 0. The van der Waals surface area contributed by atoms with Gasteiger partial charge >= 0.3 is 7.12 Å². The van der Waals surface area contributed by atoms with E-state index >= 15 is 0 Å². The summed E-state index contributed by atoms with van der Waals surface area (Å²) in [5.41, 5.74) is 0.945. The van der Waals surface area contributed by atoms with Gasteiger partial charge in [0.1, 0.15) is 24.4 Å². The van der Waals surface area contributed by atoms with Crippen molar-refractivity contribution in [2.75, 3.05) is 6.61 Å². The Morgan fingerprint density at radius 1 is 1.11 bits per heavy atom. The van der Waals surface area contributed by atoms with Gasteiger partial charge < -0.3 is 23.9 Å². The third-order valence-electron chi connectivity index (χ3n) is 3.67. The van der Waals surface area contributed by atoms with Crippen LogP contribution in [-0.2, 0) is 18.8 Å². The molecule has 4 rings (SSSR count). The van der Waals surface area contributed by atoms with Crippen molar-refractivity contribution < 1.29 is 23.9 Å². The fraction of sp³-hybridized carbons (Fsp3) is 0.500. The summed E-state index contributed by atoms with van der Waals surface area (Å²) in [7, 11) is -0.458. The predicted octanol–water partition coefficient (Wildman–Crippen LogP) is -0.718. The lowest BCUT2D eigenvalue weighted by Crippen LogP contribution is -2.65. The van der Waals surface area contributed by atoms with Gasteiger partial charge in [-0.2, -0.15) is 0 Å². The first kappa shape index (κ1) is 11.0. The first-order chi connectivity index (χ1) is 8.83. The molecule has 0 saturated carbocycles. The van der Waals surface area contributed by atoms with E-state index in [0.717, 1.165) is 5.46 Å². The molecule has 5 nitrogen and oxygen atoms in total. The van der Waals surface area contributed by atoms with Gasteiger partial charge in [0.2, 0.25) is 0 Å². The molecule has 0 amide bonds. The van der Waals surface area contributed by atoms with Crippen LogP contribution in [0.4, 0.5) is 0 Å². The van der Waals surface area contributed by atoms with Gasteiger partial charge in [0.05, 0.1) is 6.61 Å². The highest BCUT2D eigenvalue weighted by molar-refractivity contribution is 6.61. The lowest BCUT2D eigenvalue weighted by atomic mass is 9.75. The Labute approximate surface area is 105 Å². The molecule has 18 heavy (non-hydrogen) atoms. The van der Waals surface area contributed by atoms with Crippen LogP contribution in [0.3, 0.4) is 0 Å². The van der Waals surface area contributed by atoms with Gasteiger partial charge in [0.25, 0.3) is 0 Å². The average Bonchev–Trinajstić information content (AvgIpc) is 2.85. The van der Waals surface area contributed by atoms with Crippen molar-refractivity contribution in [1.29, 1.82) is 0 Å². The summed E-state index contributed by atoms with van der Waals surface area (Å²) < 4.78 is 22.6. The van der Waals surface area contributed by atoms with Crippen LogP contribution < -0.4 is 5.46 Å². The normalized spacial score (nSPS) is 42.1. The molecule has 94 valence electrons. The van der Waals surface area contributed by atoms with E-state index in [0.29, 0.717) is 6.61 Å². The van der Waals surface area contributed by atoms with Crippen LogP contribution in [0.1, 0.15) is 0 Å². The van der Waals surface area contributed by atoms with Gasteiger partial charge in [-0.25, -0.2) is 0 Å². The molecule has 3 heterocycles. The fourth-order valence-electron chi connectivity index (χ4n) is 2.75. The first-order valence-electron chi connectivity index (χ1n) is 6.14. The molecule has 1 unspecified atom stereocenters. The fourth-order valence-corrected chi connectivity index (χ4v) is 2.75. The Kier molecular flexibility index (Phi) is 2.46. The van der Waals surface area contributed by atoms with Crippen LogP contribution in [0.5, 0.6) is 0 Å². The molecule has 3 saturated heterocycles. The molecule has 3 fully saturated rings. The van der Waals surface area contributed by atoms with E-state index in [9.17, 15) is 5.11 Å². The Bertz CT molecular complexity index is 421. The highest BCUT2D eigenvalue weighted by Crippen LogP contribution is 2.35. The van der Waals surface area contributed by atoms with Crippen LogP contribution in [-0.4, -0.2) is 49.5 Å². The number of fused-ring (bicyclic) bond motifs is 6. The topological polar surface area (TPSA) is 57.2 Å². The largest absolute Gasteiger partial charge is 0.494 e. The number of hydrogen-bond donors (Lipinski definition) is 1. The molecular formula is C12H13BO5. The molecule has 0 spiro atoms. The standard InChI is InChI=1S/C12H13BO5/c14-9-10-8-6-15-12(16-8)11(9)18-13(17-10)7-4-2-1-3-5-7/h1-5,8-12,14H,6H2/t8-,9-,10-,11?,12+/m0/s1. The van der Waals surface area contributed by atoms with Crippen LogP contribution in [0.2, 0.25) is 0 Å². The van der Waals surface area contributed by atoms with Crippen molar-refractivity contribution in [3.8, 4) is 0 Å². The predicted molar refractivity (Wildman–Crippen MR) is 62.2 cm³/mol. The van der Waals surface area contributed by atoms with E-state index in [2.05, 4.69) is 0 Å². The second-order valence-corrected chi connectivity index (χ2v) is 4.81. The number of rotatable bonds is 1. The van der Waals surface area contributed by atoms with Crippen LogP contribution >= 0.6 is 0 Å². The zero-order valence-corrected chi connectivity index (χ0v) is 9.64. The molecule has 3 aliphatic heterocycles. The van der Waals surface area contributed by atoms with Crippen LogP contribution in [0.15, 0.2) is 30.3 Å². The molecule has 5 atom stereocenters. The van der Waals surface area contributed by atoms with E-state index in [4.69, 9.17) is 18.8 Å². The molecule has 6 heteroatoms. The minimum absolute atomic E-state index is 0.198. The highest BCUT2D eigenvalue weighted by Gasteiger charge is 2.56. The van der Waals surface area contributed by atoms with E-state index in [1.807, 2.05) is 30.3 Å². The van der Waals surface area contributed by atoms with E-state index in [1.165, 1.54) is 0 Å². The minimum Gasteiger partial charge on any atom is -0.399 e. The number of aliphatic hydroxyl groups is 1. The summed E-state index contributed by atoms with van der Waals surface area (Å²) in [5, 5.41) is 10.1. The molecule has 1 aromatic rings. The highest BCUT2D eigenvalue weighted by atomic mass is 16.8.